The van der Waals surface area contributed by atoms with Crippen LogP contribution in [0.2, 0.25) is 0 Å². The number of aromatic nitrogens is 3. The maximum atomic E-state index is 12.7. The van der Waals surface area contributed by atoms with E-state index in [1.807, 2.05) is 19.1 Å². The molecule has 0 saturated carbocycles. The number of fused-ring (bicyclic) bond motifs is 1. The van der Waals surface area contributed by atoms with Crippen LogP contribution in [0.1, 0.15) is 12.6 Å². The minimum absolute atomic E-state index is 0.0795. The van der Waals surface area contributed by atoms with Crippen molar-refractivity contribution in [2.24, 2.45) is 0 Å². The molecule has 3 heterocycles. The first-order valence-corrected chi connectivity index (χ1v) is 9.55. The molecule has 0 bridgehead atoms. The lowest BCUT2D eigenvalue weighted by Gasteiger charge is -2.09. The van der Waals surface area contributed by atoms with Gasteiger partial charge in [0.15, 0.2) is 5.65 Å². The van der Waals surface area contributed by atoms with Crippen LogP contribution in [0.15, 0.2) is 53.3 Å². The van der Waals surface area contributed by atoms with Crippen molar-refractivity contribution in [1.82, 2.24) is 14.8 Å². The highest BCUT2D eigenvalue weighted by molar-refractivity contribution is 5.96. The zero-order valence-electron chi connectivity index (χ0n) is 16.9. The number of nitro groups is 1. The maximum absolute atomic E-state index is 12.7. The van der Waals surface area contributed by atoms with Gasteiger partial charge in [-0.2, -0.15) is 5.10 Å². The van der Waals surface area contributed by atoms with Crippen molar-refractivity contribution in [3.8, 4) is 17.1 Å². The van der Waals surface area contributed by atoms with E-state index in [4.69, 9.17) is 9.15 Å². The van der Waals surface area contributed by atoms with E-state index in [1.54, 1.807) is 31.5 Å². The monoisotopic (exact) mass is 421 g/mol. The van der Waals surface area contributed by atoms with Crippen molar-refractivity contribution in [1.29, 1.82) is 0 Å². The van der Waals surface area contributed by atoms with Gasteiger partial charge in [-0.05, 0) is 44.2 Å². The van der Waals surface area contributed by atoms with E-state index in [0.717, 1.165) is 10.9 Å². The van der Waals surface area contributed by atoms with Crippen molar-refractivity contribution >= 4 is 28.3 Å². The maximum Gasteiger partial charge on any atom is 0.296 e. The van der Waals surface area contributed by atoms with Crippen molar-refractivity contribution in [3.63, 3.8) is 0 Å². The molecule has 0 aliphatic heterocycles. The smallest absolute Gasteiger partial charge is 0.296 e. The molecular weight excluding hydrogens is 402 g/mol. The number of nitrogens with one attached hydrogen (secondary N) is 1. The Hall–Kier alpha value is -4.21. The third-order valence-electron chi connectivity index (χ3n) is 4.64. The summed E-state index contributed by atoms with van der Waals surface area (Å²) in [5.74, 6) is 0.557. The number of benzene rings is 1. The number of carbonyl (C=O) groups excluding carboxylic acids is 1. The van der Waals surface area contributed by atoms with Crippen LogP contribution in [-0.4, -0.2) is 32.2 Å². The van der Waals surface area contributed by atoms with Crippen LogP contribution >= 0.6 is 0 Å². The molecule has 0 aliphatic carbocycles. The summed E-state index contributed by atoms with van der Waals surface area (Å²) >= 11 is 0. The Morgan fingerprint density at radius 3 is 2.87 bits per heavy atom. The first kappa shape index (κ1) is 20.1. The van der Waals surface area contributed by atoms with Gasteiger partial charge in [-0.15, -0.1) is 0 Å². The van der Waals surface area contributed by atoms with E-state index in [-0.39, 0.29) is 17.9 Å². The van der Waals surface area contributed by atoms with Crippen LogP contribution in [0.25, 0.3) is 22.4 Å². The molecule has 0 fully saturated rings. The molecule has 31 heavy (non-hydrogen) atoms. The van der Waals surface area contributed by atoms with Gasteiger partial charge in [0.2, 0.25) is 5.91 Å². The second kappa shape index (κ2) is 8.27. The molecule has 10 nitrogen and oxygen atoms in total. The molecule has 158 valence electrons. The molecule has 1 amide bonds. The first-order chi connectivity index (χ1) is 15.0. The van der Waals surface area contributed by atoms with Gasteiger partial charge in [0.05, 0.1) is 34.9 Å². The Labute approximate surface area is 176 Å². The fourth-order valence-corrected chi connectivity index (χ4v) is 3.38. The summed E-state index contributed by atoms with van der Waals surface area (Å²) in [6.45, 7) is 3.82. The number of aryl methyl sites for hydroxylation is 1. The SMILES string of the molecule is CCOc1ccc(NC(=O)Cn2nc(C)c3c(-c4ccco4)ccnc32)c([N+](=O)[O-])c1. The molecule has 4 rings (SSSR count). The number of rotatable bonds is 7. The summed E-state index contributed by atoms with van der Waals surface area (Å²) < 4.78 is 12.3. The summed E-state index contributed by atoms with van der Waals surface area (Å²) in [6.07, 6.45) is 3.20. The molecule has 10 heteroatoms. The fourth-order valence-electron chi connectivity index (χ4n) is 3.38. The van der Waals surface area contributed by atoms with Gasteiger partial charge in [0.1, 0.15) is 23.7 Å². The van der Waals surface area contributed by atoms with Crippen LogP contribution < -0.4 is 10.1 Å². The van der Waals surface area contributed by atoms with E-state index in [9.17, 15) is 14.9 Å². The molecule has 4 aromatic rings. The van der Waals surface area contributed by atoms with Crippen molar-refractivity contribution in [2.45, 2.75) is 20.4 Å². The third kappa shape index (κ3) is 3.95. The first-order valence-electron chi connectivity index (χ1n) is 9.55. The lowest BCUT2D eigenvalue weighted by Crippen LogP contribution is -2.20. The van der Waals surface area contributed by atoms with Crippen LogP contribution in [0.3, 0.4) is 0 Å². The number of hydrogen-bond donors (Lipinski definition) is 1. The van der Waals surface area contributed by atoms with Gasteiger partial charge < -0.3 is 14.5 Å². The molecule has 0 unspecified atom stereocenters. The fraction of sp³-hybridized carbons (Fsp3) is 0.190. The summed E-state index contributed by atoms with van der Waals surface area (Å²) in [7, 11) is 0. The Morgan fingerprint density at radius 1 is 1.32 bits per heavy atom. The van der Waals surface area contributed by atoms with Gasteiger partial charge in [-0.25, -0.2) is 9.67 Å². The molecule has 0 radical (unpaired) electrons. The normalized spacial score (nSPS) is 10.9. The second-order valence-corrected chi connectivity index (χ2v) is 6.69. The number of hydrogen-bond acceptors (Lipinski definition) is 7. The van der Waals surface area contributed by atoms with E-state index in [2.05, 4.69) is 15.4 Å². The van der Waals surface area contributed by atoms with Gasteiger partial charge in [-0.1, -0.05) is 0 Å². The van der Waals surface area contributed by atoms with Crippen LogP contribution in [0.5, 0.6) is 5.75 Å². The number of ether oxygens (including phenoxy) is 1. The summed E-state index contributed by atoms with van der Waals surface area (Å²) in [5, 5.41) is 19.2. The Morgan fingerprint density at radius 2 is 2.16 bits per heavy atom. The Balaban J connectivity index is 1.61. The number of carbonyl (C=O) groups is 1. The predicted molar refractivity (Wildman–Crippen MR) is 113 cm³/mol. The zero-order chi connectivity index (χ0) is 22.0. The zero-order valence-corrected chi connectivity index (χ0v) is 16.9. The van der Waals surface area contributed by atoms with Crippen LogP contribution in [0.4, 0.5) is 11.4 Å². The average Bonchev–Trinajstić information content (AvgIpc) is 3.38. The van der Waals surface area contributed by atoms with E-state index in [1.165, 1.54) is 16.8 Å². The number of nitrogens with zero attached hydrogens (tertiary/aromatic N) is 4. The second-order valence-electron chi connectivity index (χ2n) is 6.69. The highest BCUT2D eigenvalue weighted by Gasteiger charge is 2.20. The number of furan rings is 1. The largest absolute Gasteiger partial charge is 0.494 e. The Kier molecular flexibility index (Phi) is 5.35. The molecule has 0 saturated heterocycles. The summed E-state index contributed by atoms with van der Waals surface area (Å²) in [6, 6.07) is 9.74. The Bertz CT molecular complexity index is 1260. The van der Waals surface area contributed by atoms with Crippen LogP contribution in [-0.2, 0) is 11.3 Å². The van der Waals surface area contributed by atoms with E-state index in [0.29, 0.717) is 29.5 Å². The third-order valence-corrected chi connectivity index (χ3v) is 4.64. The molecule has 1 aromatic carbocycles. The number of nitro benzene ring substituents is 1. The van der Waals surface area contributed by atoms with Gasteiger partial charge in [0.25, 0.3) is 5.69 Å². The minimum Gasteiger partial charge on any atom is -0.494 e. The number of amides is 1. The molecule has 0 spiro atoms. The highest BCUT2D eigenvalue weighted by Crippen LogP contribution is 2.31. The van der Waals surface area contributed by atoms with E-state index < -0.39 is 10.8 Å². The standard InChI is InChI=1S/C21H19N5O5/c1-3-30-14-6-7-16(17(11-14)26(28)29)23-19(27)12-25-21-20(13(2)24-25)15(8-9-22-21)18-5-4-10-31-18/h4-11H,3,12H2,1-2H3,(H,23,27). The summed E-state index contributed by atoms with van der Waals surface area (Å²) in [5.41, 5.74) is 1.85. The van der Waals surface area contributed by atoms with Gasteiger partial charge in [0, 0.05) is 11.8 Å². The minimum atomic E-state index is -0.567. The lowest BCUT2D eigenvalue weighted by molar-refractivity contribution is -0.384. The quantitative estimate of drug-likeness (QED) is 0.354. The van der Waals surface area contributed by atoms with Crippen molar-refractivity contribution < 1.29 is 18.9 Å². The molecule has 0 atom stereocenters. The molecule has 0 aliphatic rings. The van der Waals surface area contributed by atoms with Crippen LogP contribution in [0, 0.1) is 17.0 Å². The van der Waals surface area contributed by atoms with E-state index >= 15 is 0 Å². The van der Waals surface area contributed by atoms with Crippen molar-refractivity contribution in [2.75, 3.05) is 11.9 Å². The van der Waals surface area contributed by atoms with Gasteiger partial charge in [-0.3, -0.25) is 14.9 Å². The predicted octanol–water partition coefficient (Wildman–Crippen LogP) is 3.95. The van der Waals surface area contributed by atoms with Crippen molar-refractivity contribution in [3.05, 3.63) is 64.7 Å². The average molecular weight is 421 g/mol. The number of anilines is 1. The summed E-state index contributed by atoms with van der Waals surface area (Å²) in [4.78, 5) is 27.9. The topological polar surface area (TPSA) is 125 Å². The molecular formula is C21H19N5O5. The lowest BCUT2D eigenvalue weighted by atomic mass is 10.1. The molecule has 1 N–H and O–H groups in total. The number of pyridine rings is 1. The molecule has 3 aromatic heterocycles. The van der Waals surface area contributed by atoms with Gasteiger partial charge >= 0.3 is 0 Å². The highest BCUT2D eigenvalue weighted by atomic mass is 16.6.